The quantitative estimate of drug-likeness (QED) is 0.821. The van der Waals surface area contributed by atoms with Crippen LogP contribution in [0.1, 0.15) is 45.1 Å². The van der Waals surface area contributed by atoms with Gasteiger partial charge in [0.2, 0.25) is 5.91 Å². The molecule has 0 radical (unpaired) electrons. The van der Waals surface area contributed by atoms with Gasteiger partial charge in [-0.25, -0.2) is 4.39 Å². The normalized spacial score (nSPS) is 25.2. The summed E-state index contributed by atoms with van der Waals surface area (Å²) in [6.45, 7) is 8.99. The number of nitrogens with zero attached hydrogens (tertiary/aromatic N) is 2. The molecule has 1 spiro atoms. The van der Waals surface area contributed by atoms with Crippen molar-refractivity contribution in [3.05, 3.63) is 35.6 Å². The average Bonchev–Trinajstić information content (AvgIpc) is 2.96. The van der Waals surface area contributed by atoms with Gasteiger partial charge in [-0.2, -0.15) is 0 Å². The van der Waals surface area contributed by atoms with Gasteiger partial charge in [-0.3, -0.25) is 4.79 Å². The number of likely N-dealkylation sites (tertiary alicyclic amines) is 2. The molecule has 0 N–H and O–H groups in total. The molecule has 0 aromatic heterocycles. The number of halogens is 1. The van der Waals surface area contributed by atoms with Crippen LogP contribution in [0.15, 0.2) is 24.3 Å². The first kappa shape index (κ1) is 17.4. The van der Waals surface area contributed by atoms with E-state index in [4.69, 9.17) is 0 Å². The van der Waals surface area contributed by atoms with Gasteiger partial charge < -0.3 is 9.80 Å². The number of carbonyl (C=O) groups is 1. The molecule has 2 heterocycles. The molecule has 1 atom stereocenters. The summed E-state index contributed by atoms with van der Waals surface area (Å²) in [5, 5.41) is 0. The fourth-order valence-electron chi connectivity index (χ4n) is 4.08. The van der Waals surface area contributed by atoms with Crippen molar-refractivity contribution < 1.29 is 9.18 Å². The molecular weight excluding hydrogens is 303 g/mol. The Bertz CT molecular complexity index is 572. The lowest BCUT2D eigenvalue weighted by Gasteiger charge is -2.39. The Morgan fingerprint density at radius 1 is 1.17 bits per heavy atom. The molecule has 1 unspecified atom stereocenters. The van der Waals surface area contributed by atoms with E-state index in [9.17, 15) is 9.18 Å². The SMILES string of the molecule is CC(C)CCN1CCC2(CCCN(Cc3ccc(F)cc3)C2=O)C1. The Hall–Kier alpha value is -1.42. The Kier molecular flexibility index (Phi) is 5.24. The molecule has 3 nitrogen and oxygen atoms in total. The fourth-order valence-corrected chi connectivity index (χ4v) is 4.08. The van der Waals surface area contributed by atoms with Crippen molar-refractivity contribution in [2.45, 2.75) is 46.1 Å². The van der Waals surface area contributed by atoms with E-state index in [0.717, 1.165) is 51.0 Å². The van der Waals surface area contributed by atoms with Crippen molar-refractivity contribution in [3.8, 4) is 0 Å². The Balaban J connectivity index is 1.63. The topological polar surface area (TPSA) is 23.6 Å². The Labute approximate surface area is 144 Å². The van der Waals surface area contributed by atoms with Gasteiger partial charge in [0.15, 0.2) is 0 Å². The van der Waals surface area contributed by atoms with E-state index < -0.39 is 0 Å². The van der Waals surface area contributed by atoms with Gasteiger partial charge in [0.1, 0.15) is 5.82 Å². The first-order chi connectivity index (χ1) is 11.5. The highest BCUT2D eigenvalue weighted by Gasteiger charge is 2.47. The molecule has 0 bridgehead atoms. The van der Waals surface area contributed by atoms with Crippen LogP contribution >= 0.6 is 0 Å². The third kappa shape index (κ3) is 3.80. The van der Waals surface area contributed by atoms with Gasteiger partial charge >= 0.3 is 0 Å². The summed E-state index contributed by atoms with van der Waals surface area (Å²) in [6.07, 6.45) is 4.28. The zero-order valence-electron chi connectivity index (χ0n) is 14.9. The highest BCUT2D eigenvalue weighted by Crippen LogP contribution is 2.40. The number of benzene rings is 1. The molecule has 1 amide bonds. The zero-order chi connectivity index (χ0) is 17.2. The van der Waals surface area contributed by atoms with E-state index in [1.54, 1.807) is 12.1 Å². The lowest BCUT2D eigenvalue weighted by molar-refractivity contribution is -0.146. The molecular formula is C20H29FN2O. The van der Waals surface area contributed by atoms with Crippen molar-refractivity contribution >= 4 is 5.91 Å². The average molecular weight is 332 g/mol. The van der Waals surface area contributed by atoms with Crippen LogP contribution in [-0.4, -0.2) is 41.9 Å². The summed E-state index contributed by atoms with van der Waals surface area (Å²) in [5.41, 5.74) is 0.839. The summed E-state index contributed by atoms with van der Waals surface area (Å²) >= 11 is 0. The first-order valence-electron chi connectivity index (χ1n) is 9.25. The lowest BCUT2D eigenvalue weighted by atomic mass is 9.78. The molecule has 0 aliphatic carbocycles. The van der Waals surface area contributed by atoms with Crippen LogP contribution < -0.4 is 0 Å². The minimum absolute atomic E-state index is 0.171. The minimum atomic E-state index is -0.225. The van der Waals surface area contributed by atoms with Crippen LogP contribution in [0.3, 0.4) is 0 Å². The van der Waals surface area contributed by atoms with Crippen LogP contribution in [0.4, 0.5) is 4.39 Å². The van der Waals surface area contributed by atoms with Crippen molar-refractivity contribution in [2.24, 2.45) is 11.3 Å². The van der Waals surface area contributed by atoms with Crippen molar-refractivity contribution in [2.75, 3.05) is 26.2 Å². The van der Waals surface area contributed by atoms with Crippen LogP contribution in [-0.2, 0) is 11.3 Å². The van der Waals surface area contributed by atoms with Gasteiger partial charge in [0.25, 0.3) is 0 Å². The number of rotatable bonds is 5. The second-order valence-corrected chi connectivity index (χ2v) is 7.95. The van der Waals surface area contributed by atoms with Crippen LogP contribution in [0.25, 0.3) is 0 Å². The van der Waals surface area contributed by atoms with Crippen LogP contribution in [0.2, 0.25) is 0 Å². The highest BCUT2D eigenvalue weighted by atomic mass is 19.1. The van der Waals surface area contributed by atoms with E-state index in [1.807, 2.05) is 4.90 Å². The molecule has 1 aromatic rings. The number of amides is 1. The molecule has 4 heteroatoms. The van der Waals surface area contributed by atoms with Gasteiger partial charge in [0.05, 0.1) is 5.41 Å². The molecule has 2 fully saturated rings. The Morgan fingerprint density at radius 3 is 2.62 bits per heavy atom. The van der Waals surface area contributed by atoms with E-state index >= 15 is 0 Å². The van der Waals surface area contributed by atoms with E-state index in [0.29, 0.717) is 18.4 Å². The molecule has 1 aromatic carbocycles. The van der Waals surface area contributed by atoms with Crippen molar-refractivity contribution in [3.63, 3.8) is 0 Å². The van der Waals surface area contributed by atoms with Crippen molar-refractivity contribution in [1.82, 2.24) is 9.80 Å². The first-order valence-corrected chi connectivity index (χ1v) is 9.25. The van der Waals surface area contributed by atoms with Crippen molar-refractivity contribution in [1.29, 1.82) is 0 Å². The summed E-state index contributed by atoms with van der Waals surface area (Å²) in [4.78, 5) is 17.6. The monoisotopic (exact) mass is 332 g/mol. The summed E-state index contributed by atoms with van der Waals surface area (Å²) < 4.78 is 13.1. The second-order valence-electron chi connectivity index (χ2n) is 7.95. The molecule has 0 saturated carbocycles. The predicted octanol–water partition coefficient (Wildman–Crippen LogP) is 3.69. The molecule has 2 aliphatic rings. The maximum atomic E-state index is 13.1. The molecule has 3 rings (SSSR count). The summed E-state index contributed by atoms with van der Waals surface area (Å²) in [7, 11) is 0. The summed E-state index contributed by atoms with van der Waals surface area (Å²) in [6, 6.07) is 6.52. The maximum Gasteiger partial charge on any atom is 0.230 e. The summed E-state index contributed by atoms with van der Waals surface area (Å²) in [5.74, 6) is 0.792. The molecule has 2 saturated heterocycles. The van der Waals surface area contributed by atoms with E-state index in [-0.39, 0.29) is 11.2 Å². The maximum absolute atomic E-state index is 13.1. The van der Waals surface area contributed by atoms with E-state index in [2.05, 4.69) is 18.7 Å². The van der Waals surface area contributed by atoms with Gasteiger partial charge in [-0.15, -0.1) is 0 Å². The van der Waals surface area contributed by atoms with Gasteiger partial charge in [-0.05, 0) is 62.4 Å². The minimum Gasteiger partial charge on any atom is -0.338 e. The smallest absolute Gasteiger partial charge is 0.230 e. The molecule has 24 heavy (non-hydrogen) atoms. The van der Waals surface area contributed by atoms with Gasteiger partial charge in [-0.1, -0.05) is 26.0 Å². The van der Waals surface area contributed by atoms with Crippen LogP contribution in [0.5, 0.6) is 0 Å². The largest absolute Gasteiger partial charge is 0.338 e. The Morgan fingerprint density at radius 2 is 1.92 bits per heavy atom. The number of piperidine rings is 1. The zero-order valence-corrected chi connectivity index (χ0v) is 14.9. The standard InChI is InChI=1S/C20H29FN2O/c1-16(2)8-12-22-13-10-20(15-22)9-3-11-23(19(20)24)14-17-4-6-18(21)7-5-17/h4-7,16H,3,8-15H2,1-2H3. The number of carbonyl (C=O) groups excluding carboxylic acids is 1. The third-order valence-electron chi connectivity index (χ3n) is 5.57. The van der Waals surface area contributed by atoms with E-state index in [1.165, 1.54) is 18.6 Å². The fraction of sp³-hybridized carbons (Fsp3) is 0.650. The van der Waals surface area contributed by atoms with Crippen LogP contribution in [0, 0.1) is 17.2 Å². The number of hydrogen-bond donors (Lipinski definition) is 0. The number of hydrogen-bond acceptors (Lipinski definition) is 2. The van der Waals surface area contributed by atoms with Gasteiger partial charge in [0, 0.05) is 19.6 Å². The molecule has 132 valence electrons. The second kappa shape index (κ2) is 7.22. The third-order valence-corrected chi connectivity index (χ3v) is 5.57. The highest BCUT2D eigenvalue weighted by molar-refractivity contribution is 5.84. The lowest BCUT2D eigenvalue weighted by Crippen LogP contribution is -2.49. The molecule has 2 aliphatic heterocycles. The predicted molar refractivity (Wildman–Crippen MR) is 94.0 cm³/mol.